The summed E-state index contributed by atoms with van der Waals surface area (Å²) in [6.07, 6.45) is 0.918. The molecule has 1 atom stereocenters. The van der Waals surface area contributed by atoms with Crippen LogP contribution in [0.1, 0.15) is 38.6 Å². The smallest absolute Gasteiger partial charge is 0.328 e. The predicted octanol–water partition coefficient (Wildman–Crippen LogP) is 1.35. The van der Waals surface area contributed by atoms with E-state index in [1.807, 2.05) is 20.8 Å². The van der Waals surface area contributed by atoms with Crippen LogP contribution in [-0.4, -0.2) is 26.3 Å². The summed E-state index contributed by atoms with van der Waals surface area (Å²) in [5.74, 6) is 1.02. The van der Waals surface area contributed by atoms with Crippen molar-refractivity contribution in [2.75, 3.05) is 6.61 Å². The van der Waals surface area contributed by atoms with Crippen LogP contribution >= 0.6 is 11.6 Å². The number of nitrogens with one attached hydrogen (secondary N) is 1. The van der Waals surface area contributed by atoms with Gasteiger partial charge in [0.1, 0.15) is 17.7 Å². The van der Waals surface area contributed by atoms with E-state index in [2.05, 4.69) is 15.1 Å². The molecule has 9 heteroatoms. The molecule has 0 unspecified atom stereocenters. The van der Waals surface area contributed by atoms with Gasteiger partial charge < -0.3 is 9.26 Å². The summed E-state index contributed by atoms with van der Waals surface area (Å²) in [4.78, 5) is 29.1. The molecule has 0 fully saturated rings. The third kappa shape index (κ3) is 4.05. The molecule has 0 aliphatic heterocycles. The van der Waals surface area contributed by atoms with Gasteiger partial charge in [-0.2, -0.15) is 4.98 Å². The second-order valence-electron chi connectivity index (χ2n) is 5.28. The number of ether oxygens (including phenoxy) is 1. The second kappa shape index (κ2) is 6.89. The molecule has 8 nitrogen and oxygen atoms in total. The summed E-state index contributed by atoms with van der Waals surface area (Å²) in [7, 11) is 0. The number of H-pyrrole nitrogens is 1. The lowest BCUT2D eigenvalue weighted by atomic mass is 10.2. The molecular weight excluding hydrogens is 312 g/mol. The lowest BCUT2D eigenvalue weighted by molar-refractivity contribution is 0.0402. The molecule has 0 aliphatic rings. The van der Waals surface area contributed by atoms with Crippen molar-refractivity contribution < 1.29 is 9.26 Å². The number of aromatic nitrogens is 4. The van der Waals surface area contributed by atoms with E-state index in [0.717, 1.165) is 0 Å². The lowest BCUT2D eigenvalue weighted by Gasteiger charge is -2.10. The van der Waals surface area contributed by atoms with Gasteiger partial charge in [-0.3, -0.25) is 14.3 Å². The summed E-state index contributed by atoms with van der Waals surface area (Å²) in [5, 5.41) is 3.74. The Labute approximate surface area is 131 Å². The minimum Gasteiger partial charge on any atom is -0.370 e. The van der Waals surface area contributed by atoms with E-state index in [1.165, 1.54) is 10.8 Å². The van der Waals surface area contributed by atoms with Gasteiger partial charge in [-0.15, -0.1) is 0 Å². The molecule has 0 bridgehead atoms. The Balaban J connectivity index is 2.11. The molecule has 2 aromatic rings. The minimum atomic E-state index is -0.634. The first-order valence-electron chi connectivity index (χ1n) is 6.80. The summed E-state index contributed by atoms with van der Waals surface area (Å²) in [6, 6.07) is 0. The molecule has 2 rings (SSSR count). The monoisotopic (exact) mass is 328 g/mol. The van der Waals surface area contributed by atoms with Crippen molar-refractivity contribution in [2.24, 2.45) is 5.92 Å². The summed E-state index contributed by atoms with van der Waals surface area (Å²) >= 11 is 5.69. The standard InChI is InChI=1S/C13H17ClN4O4/c1-7(2)6-21-8(3)11-15-10(22-17-11)5-18-4-9(14)12(19)16-13(18)20/h4,7-8H,5-6H2,1-3H3,(H,16,19,20)/t8-/m0/s1. The van der Waals surface area contributed by atoms with Gasteiger partial charge in [-0.1, -0.05) is 30.6 Å². The van der Waals surface area contributed by atoms with Crippen molar-refractivity contribution in [2.45, 2.75) is 33.4 Å². The highest BCUT2D eigenvalue weighted by atomic mass is 35.5. The van der Waals surface area contributed by atoms with Crippen LogP contribution < -0.4 is 11.2 Å². The molecule has 22 heavy (non-hydrogen) atoms. The molecule has 120 valence electrons. The first-order chi connectivity index (χ1) is 10.4. The summed E-state index contributed by atoms with van der Waals surface area (Å²) in [5.41, 5.74) is -1.23. The zero-order valence-corrected chi connectivity index (χ0v) is 13.3. The Bertz CT molecular complexity index is 749. The van der Waals surface area contributed by atoms with E-state index < -0.39 is 11.2 Å². The highest BCUT2D eigenvalue weighted by molar-refractivity contribution is 6.30. The fraction of sp³-hybridized carbons (Fsp3) is 0.538. The van der Waals surface area contributed by atoms with Crippen molar-refractivity contribution in [1.29, 1.82) is 0 Å². The molecule has 2 heterocycles. The second-order valence-corrected chi connectivity index (χ2v) is 5.69. The van der Waals surface area contributed by atoms with E-state index in [4.69, 9.17) is 20.9 Å². The third-order valence-corrected chi connectivity index (χ3v) is 3.07. The van der Waals surface area contributed by atoms with Crippen LogP contribution in [0, 0.1) is 5.92 Å². The van der Waals surface area contributed by atoms with Gasteiger partial charge >= 0.3 is 5.69 Å². The van der Waals surface area contributed by atoms with Crippen molar-refractivity contribution >= 4 is 11.6 Å². The van der Waals surface area contributed by atoms with Crippen LogP contribution in [-0.2, 0) is 11.3 Å². The maximum atomic E-state index is 11.6. The van der Waals surface area contributed by atoms with Crippen molar-refractivity contribution in [1.82, 2.24) is 19.7 Å². The van der Waals surface area contributed by atoms with Crippen LogP contribution in [0.2, 0.25) is 5.02 Å². The number of aromatic amines is 1. The highest BCUT2D eigenvalue weighted by Crippen LogP contribution is 2.14. The van der Waals surface area contributed by atoms with Crippen LogP contribution in [0.5, 0.6) is 0 Å². The first kappa shape index (κ1) is 16.4. The van der Waals surface area contributed by atoms with Crippen molar-refractivity contribution in [3.8, 4) is 0 Å². The van der Waals surface area contributed by atoms with E-state index in [1.54, 1.807) is 0 Å². The van der Waals surface area contributed by atoms with Gasteiger partial charge in [-0.05, 0) is 12.8 Å². The fourth-order valence-corrected chi connectivity index (χ4v) is 1.82. The number of halogens is 1. The highest BCUT2D eigenvalue weighted by Gasteiger charge is 2.15. The fourth-order valence-electron chi connectivity index (χ4n) is 1.65. The number of rotatable bonds is 6. The predicted molar refractivity (Wildman–Crippen MR) is 78.9 cm³/mol. The molecule has 0 radical (unpaired) electrons. The maximum absolute atomic E-state index is 11.6. The largest absolute Gasteiger partial charge is 0.370 e. The molecule has 0 spiro atoms. The Morgan fingerprint density at radius 2 is 2.14 bits per heavy atom. The zero-order valence-electron chi connectivity index (χ0n) is 12.5. The average Bonchev–Trinajstić information content (AvgIpc) is 2.90. The van der Waals surface area contributed by atoms with Gasteiger partial charge in [0.15, 0.2) is 5.82 Å². The molecule has 0 saturated heterocycles. The first-order valence-corrected chi connectivity index (χ1v) is 7.18. The number of hydrogen-bond donors (Lipinski definition) is 1. The maximum Gasteiger partial charge on any atom is 0.328 e. The molecule has 0 aliphatic carbocycles. The normalized spacial score (nSPS) is 12.8. The molecule has 2 aromatic heterocycles. The Hall–Kier alpha value is -1.93. The van der Waals surface area contributed by atoms with Crippen molar-refractivity contribution in [3.05, 3.63) is 43.8 Å². The van der Waals surface area contributed by atoms with Crippen LogP contribution in [0.25, 0.3) is 0 Å². The van der Waals surface area contributed by atoms with Gasteiger partial charge in [0.2, 0.25) is 5.89 Å². The number of nitrogens with zero attached hydrogens (tertiary/aromatic N) is 3. The Morgan fingerprint density at radius 3 is 2.82 bits per heavy atom. The molecule has 0 aromatic carbocycles. The lowest BCUT2D eigenvalue weighted by Crippen LogP contribution is -2.30. The minimum absolute atomic E-state index is 0.0131. The SMILES string of the molecule is CC(C)CO[C@@H](C)c1noc(Cn2cc(Cl)c(=O)[nH]c2=O)n1. The molecule has 0 saturated carbocycles. The third-order valence-electron chi connectivity index (χ3n) is 2.80. The molecular formula is C13H17ClN4O4. The topological polar surface area (TPSA) is 103 Å². The van der Waals surface area contributed by atoms with Crippen LogP contribution in [0.4, 0.5) is 0 Å². The molecule has 0 amide bonds. The zero-order chi connectivity index (χ0) is 16.3. The molecule has 1 N–H and O–H groups in total. The van der Waals surface area contributed by atoms with Gasteiger partial charge in [0.05, 0.1) is 0 Å². The van der Waals surface area contributed by atoms with Crippen molar-refractivity contribution in [3.63, 3.8) is 0 Å². The summed E-state index contributed by atoms with van der Waals surface area (Å²) in [6.45, 7) is 6.50. The van der Waals surface area contributed by atoms with Gasteiger partial charge in [0.25, 0.3) is 5.56 Å². The van der Waals surface area contributed by atoms with E-state index in [0.29, 0.717) is 18.3 Å². The number of hydrogen-bond acceptors (Lipinski definition) is 6. The Morgan fingerprint density at radius 1 is 1.41 bits per heavy atom. The van der Waals surface area contributed by atoms with Gasteiger partial charge in [-0.25, -0.2) is 4.79 Å². The van der Waals surface area contributed by atoms with Crippen LogP contribution in [0.3, 0.4) is 0 Å². The average molecular weight is 329 g/mol. The Kier molecular flexibility index (Phi) is 5.15. The summed E-state index contributed by atoms with van der Waals surface area (Å²) < 4.78 is 11.9. The van der Waals surface area contributed by atoms with Crippen LogP contribution in [0.15, 0.2) is 20.3 Å². The van der Waals surface area contributed by atoms with E-state index >= 15 is 0 Å². The van der Waals surface area contributed by atoms with Gasteiger partial charge in [0, 0.05) is 12.8 Å². The quantitative estimate of drug-likeness (QED) is 0.858. The van der Waals surface area contributed by atoms with E-state index in [-0.39, 0.29) is 23.6 Å². The van der Waals surface area contributed by atoms with E-state index in [9.17, 15) is 9.59 Å².